The van der Waals surface area contributed by atoms with Crippen molar-refractivity contribution in [2.75, 3.05) is 12.3 Å². The van der Waals surface area contributed by atoms with Gasteiger partial charge < -0.3 is 10.5 Å². The van der Waals surface area contributed by atoms with Gasteiger partial charge in [-0.25, -0.2) is 0 Å². The van der Waals surface area contributed by atoms with Crippen LogP contribution in [0.2, 0.25) is 0 Å². The van der Waals surface area contributed by atoms with Gasteiger partial charge >= 0.3 is 0 Å². The van der Waals surface area contributed by atoms with Gasteiger partial charge in [-0.05, 0) is 30.2 Å². The van der Waals surface area contributed by atoms with Crippen LogP contribution in [-0.2, 0) is 17.8 Å². The Morgan fingerprint density at radius 1 is 0.905 bits per heavy atom. The fourth-order valence-corrected chi connectivity index (χ4v) is 2.31. The first-order valence-electron chi connectivity index (χ1n) is 7.09. The minimum Gasteiger partial charge on any atom is -0.399 e. The molecule has 0 saturated carbocycles. The van der Waals surface area contributed by atoms with Crippen LogP contribution < -0.4 is 5.73 Å². The first-order valence-corrected chi connectivity index (χ1v) is 7.09. The zero-order valence-corrected chi connectivity index (χ0v) is 11.8. The number of fused-ring (bicyclic) bond motifs is 1. The van der Waals surface area contributed by atoms with Gasteiger partial charge in [-0.3, -0.25) is 4.98 Å². The number of nitrogen functional groups attached to an aromatic ring is 1. The topological polar surface area (TPSA) is 48.1 Å². The molecule has 3 heteroatoms. The summed E-state index contributed by atoms with van der Waals surface area (Å²) in [5.74, 6) is 0. The Balaban J connectivity index is 1.56. The second kappa shape index (κ2) is 6.37. The highest BCUT2D eigenvalue weighted by Gasteiger charge is 2.00. The second-order valence-corrected chi connectivity index (χ2v) is 5.00. The Morgan fingerprint density at radius 3 is 2.62 bits per heavy atom. The highest BCUT2D eigenvalue weighted by atomic mass is 16.5. The van der Waals surface area contributed by atoms with Crippen LogP contribution >= 0.6 is 0 Å². The molecule has 0 fully saturated rings. The van der Waals surface area contributed by atoms with E-state index in [9.17, 15) is 0 Å². The van der Waals surface area contributed by atoms with Gasteiger partial charge in [-0.15, -0.1) is 0 Å². The van der Waals surface area contributed by atoms with Crippen molar-refractivity contribution in [3.05, 3.63) is 71.9 Å². The fourth-order valence-electron chi connectivity index (χ4n) is 2.31. The number of aromatic nitrogens is 1. The van der Waals surface area contributed by atoms with E-state index in [4.69, 9.17) is 10.5 Å². The quantitative estimate of drug-likeness (QED) is 0.573. The van der Waals surface area contributed by atoms with E-state index in [1.165, 1.54) is 0 Å². The predicted molar refractivity (Wildman–Crippen MR) is 86.0 cm³/mol. The molecule has 0 aliphatic heterocycles. The average molecular weight is 278 g/mol. The molecule has 0 aliphatic rings. The van der Waals surface area contributed by atoms with Crippen molar-refractivity contribution in [1.29, 1.82) is 0 Å². The van der Waals surface area contributed by atoms with E-state index in [1.807, 2.05) is 48.5 Å². The molecule has 3 nitrogen and oxygen atoms in total. The summed E-state index contributed by atoms with van der Waals surface area (Å²) in [5, 5.41) is 1.15. The Bertz CT molecular complexity index is 740. The van der Waals surface area contributed by atoms with Gasteiger partial charge in [0, 0.05) is 11.1 Å². The molecule has 3 rings (SSSR count). The third kappa shape index (κ3) is 3.38. The summed E-state index contributed by atoms with van der Waals surface area (Å²) in [6, 6.07) is 20.1. The highest BCUT2D eigenvalue weighted by Crippen LogP contribution is 2.13. The van der Waals surface area contributed by atoms with Gasteiger partial charge in [0.05, 0.1) is 24.4 Å². The molecular weight excluding hydrogens is 260 g/mol. The maximum absolute atomic E-state index is 5.91. The van der Waals surface area contributed by atoms with E-state index < -0.39 is 0 Å². The van der Waals surface area contributed by atoms with Crippen molar-refractivity contribution in [3.63, 3.8) is 0 Å². The van der Waals surface area contributed by atoms with Gasteiger partial charge in [-0.2, -0.15) is 0 Å². The molecule has 0 bridgehead atoms. The summed E-state index contributed by atoms with van der Waals surface area (Å²) >= 11 is 0. The number of rotatable bonds is 5. The van der Waals surface area contributed by atoms with Crippen molar-refractivity contribution >= 4 is 16.6 Å². The van der Waals surface area contributed by atoms with Crippen molar-refractivity contribution < 1.29 is 4.74 Å². The number of benzene rings is 2. The maximum Gasteiger partial charge on any atom is 0.0888 e. The molecule has 2 N–H and O–H groups in total. The number of hydrogen-bond acceptors (Lipinski definition) is 3. The van der Waals surface area contributed by atoms with E-state index in [-0.39, 0.29) is 0 Å². The second-order valence-electron chi connectivity index (χ2n) is 5.00. The third-order valence-electron chi connectivity index (χ3n) is 3.48. The van der Waals surface area contributed by atoms with E-state index in [0.717, 1.165) is 34.3 Å². The first-order chi connectivity index (χ1) is 10.3. The smallest absolute Gasteiger partial charge is 0.0888 e. The van der Waals surface area contributed by atoms with Crippen molar-refractivity contribution in [2.24, 2.45) is 0 Å². The van der Waals surface area contributed by atoms with E-state index >= 15 is 0 Å². The third-order valence-corrected chi connectivity index (χ3v) is 3.48. The normalized spacial score (nSPS) is 10.9. The monoisotopic (exact) mass is 278 g/mol. The lowest BCUT2D eigenvalue weighted by Crippen LogP contribution is -2.02. The summed E-state index contributed by atoms with van der Waals surface area (Å²) in [4.78, 5) is 4.59. The minimum absolute atomic E-state index is 0.525. The minimum atomic E-state index is 0.525. The lowest BCUT2D eigenvalue weighted by molar-refractivity contribution is 0.121. The number of nitrogens with two attached hydrogens (primary N) is 1. The molecule has 0 saturated heterocycles. The maximum atomic E-state index is 5.91. The lowest BCUT2D eigenvalue weighted by Gasteiger charge is -2.07. The molecule has 1 heterocycles. The van der Waals surface area contributed by atoms with Gasteiger partial charge in [0.25, 0.3) is 0 Å². The number of hydrogen-bond donors (Lipinski definition) is 1. The molecule has 0 radical (unpaired) electrons. The Labute approximate surface area is 124 Å². The van der Waals surface area contributed by atoms with E-state index in [1.54, 1.807) is 0 Å². The number of nitrogens with zero attached hydrogens (tertiary/aromatic N) is 1. The van der Waals surface area contributed by atoms with Crippen LogP contribution in [0.5, 0.6) is 0 Å². The van der Waals surface area contributed by atoms with Gasteiger partial charge in [-0.1, -0.05) is 42.5 Å². The number of anilines is 1. The van der Waals surface area contributed by atoms with Gasteiger partial charge in [0.2, 0.25) is 0 Å². The standard InChI is InChI=1S/C18H18N2O/c19-17-7-3-1-5-14(17)11-12-21-13-16-10-9-15-6-2-4-8-18(15)20-16/h1-10H,11-13,19H2. The molecule has 2 aromatic carbocycles. The molecule has 0 spiro atoms. The molecule has 106 valence electrons. The molecule has 21 heavy (non-hydrogen) atoms. The predicted octanol–water partition coefficient (Wildman–Crippen LogP) is 3.58. The summed E-state index contributed by atoms with van der Waals surface area (Å²) in [6.45, 7) is 1.17. The van der Waals surface area contributed by atoms with Crippen LogP contribution in [0.3, 0.4) is 0 Å². The number of pyridine rings is 1. The SMILES string of the molecule is Nc1ccccc1CCOCc1ccc2ccccc2n1. The molecule has 1 aromatic heterocycles. The van der Waals surface area contributed by atoms with Crippen LogP contribution in [0, 0.1) is 0 Å². The largest absolute Gasteiger partial charge is 0.399 e. The summed E-state index contributed by atoms with van der Waals surface area (Å²) in [6.07, 6.45) is 0.820. The van der Waals surface area contributed by atoms with Crippen LogP contribution in [0.15, 0.2) is 60.7 Å². The molecule has 0 unspecified atom stereocenters. The average Bonchev–Trinajstić information content (AvgIpc) is 2.53. The fraction of sp³-hybridized carbons (Fsp3) is 0.167. The number of ether oxygens (including phenoxy) is 1. The zero-order valence-electron chi connectivity index (χ0n) is 11.8. The molecule has 0 aliphatic carbocycles. The molecule has 0 atom stereocenters. The Kier molecular flexibility index (Phi) is 4.12. The van der Waals surface area contributed by atoms with Crippen molar-refractivity contribution in [3.8, 4) is 0 Å². The van der Waals surface area contributed by atoms with Crippen LogP contribution in [-0.4, -0.2) is 11.6 Å². The number of para-hydroxylation sites is 2. The van der Waals surface area contributed by atoms with Crippen LogP contribution in [0.4, 0.5) is 5.69 Å². The Hall–Kier alpha value is -2.39. The zero-order chi connectivity index (χ0) is 14.5. The van der Waals surface area contributed by atoms with Gasteiger partial charge in [0.1, 0.15) is 0 Å². The summed E-state index contributed by atoms with van der Waals surface area (Å²) < 4.78 is 5.71. The van der Waals surface area contributed by atoms with Crippen molar-refractivity contribution in [2.45, 2.75) is 13.0 Å². The molecule has 3 aromatic rings. The van der Waals surface area contributed by atoms with Gasteiger partial charge in [0.15, 0.2) is 0 Å². The summed E-state index contributed by atoms with van der Waals surface area (Å²) in [5.41, 5.74) is 9.82. The molecule has 0 amide bonds. The molecular formula is C18H18N2O. The van der Waals surface area contributed by atoms with E-state index in [0.29, 0.717) is 13.2 Å². The van der Waals surface area contributed by atoms with E-state index in [2.05, 4.69) is 17.1 Å². The van der Waals surface area contributed by atoms with Crippen molar-refractivity contribution in [1.82, 2.24) is 4.98 Å². The summed E-state index contributed by atoms with van der Waals surface area (Å²) in [7, 11) is 0. The lowest BCUT2D eigenvalue weighted by atomic mass is 10.1. The Morgan fingerprint density at radius 2 is 1.71 bits per heavy atom. The van der Waals surface area contributed by atoms with Crippen LogP contribution in [0.25, 0.3) is 10.9 Å². The highest BCUT2D eigenvalue weighted by molar-refractivity contribution is 5.78. The first kappa shape index (κ1) is 13.6. The van der Waals surface area contributed by atoms with Crippen LogP contribution in [0.1, 0.15) is 11.3 Å².